The molecule has 0 aliphatic carbocycles. The summed E-state index contributed by atoms with van der Waals surface area (Å²) >= 11 is 0. The number of carbonyl (C=O) groups excluding carboxylic acids is 1. The lowest BCUT2D eigenvalue weighted by Gasteiger charge is -2.06. The lowest BCUT2D eigenvalue weighted by molar-refractivity contribution is -0.120. The molecule has 112 valence electrons. The summed E-state index contributed by atoms with van der Waals surface area (Å²) in [5.74, 6) is 1.60. The number of hydrogen-bond donors (Lipinski definition) is 1. The van der Waals surface area contributed by atoms with E-state index in [2.05, 4.69) is 10.5 Å². The highest BCUT2D eigenvalue weighted by molar-refractivity contribution is 5.78. The van der Waals surface area contributed by atoms with Crippen LogP contribution in [0.5, 0.6) is 5.75 Å². The Kier molecular flexibility index (Phi) is 5.37. The van der Waals surface area contributed by atoms with Crippen molar-refractivity contribution in [1.29, 1.82) is 0 Å². The number of nitrogens with one attached hydrogen (secondary N) is 1. The topological polar surface area (TPSA) is 64.4 Å². The van der Waals surface area contributed by atoms with Crippen molar-refractivity contribution in [3.05, 3.63) is 47.3 Å². The van der Waals surface area contributed by atoms with E-state index in [1.54, 1.807) is 0 Å². The third-order valence-electron chi connectivity index (χ3n) is 2.98. The molecular formula is C16H20N2O3. The van der Waals surface area contributed by atoms with Crippen LogP contribution in [0.1, 0.15) is 23.9 Å². The molecule has 0 radical (unpaired) electrons. The van der Waals surface area contributed by atoms with Crippen LogP contribution in [0.2, 0.25) is 0 Å². The lowest BCUT2D eigenvalue weighted by Crippen LogP contribution is -2.27. The Bertz CT molecular complexity index is 575. The van der Waals surface area contributed by atoms with E-state index in [4.69, 9.17) is 9.26 Å². The summed E-state index contributed by atoms with van der Waals surface area (Å²) in [7, 11) is 0. The van der Waals surface area contributed by atoms with Gasteiger partial charge in [-0.3, -0.25) is 4.79 Å². The second kappa shape index (κ2) is 7.47. The SMILES string of the molecule is CCOc1ccc(CC(=O)NCCc2cc(C)on2)cc1. The van der Waals surface area contributed by atoms with Crippen molar-refractivity contribution in [2.75, 3.05) is 13.2 Å². The van der Waals surface area contributed by atoms with Gasteiger partial charge in [0, 0.05) is 19.0 Å². The predicted octanol–water partition coefficient (Wildman–Crippen LogP) is 2.28. The Labute approximate surface area is 124 Å². The molecule has 1 aromatic carbocycles. The molecule has 0 saturated carbocycles. The summed E-state index contributed by atoms with van der Waals surface area (Å²) in [4.78, 5) is 11.8. The fourth-order valence-electron chi connectivity index (χ4n) is 1.98. The summed E-state index contributed by atoms with van der Waals surface area (Å²) in [6.45, 7) is 4.99. The third-order valence-corrected chi connectivity index (χ3v) is 2.98. The Balaban J connectivity index is 1.73. The normalized spacial score (nSPS) is 10.4. The zero-order valence-electron chi connectivity index (χ0n) is 12.4. The van der Waals surface area contributed by atoms with Crippen molar-refractivity contribution in [2.45, 2.75) is 26.7 Å². The highest BCUT2D eigenvalue weighted by Crippen LogP contribution is 2.12. The van der Waals surface area contributed by atoms with Gasteiger partial charge in [0.2, 0.25) is 5.91 Å². The first-order chi connectivity index (χ1) is 10.2. The predicted molar refractivity (Wildman–Crippen MR) is 79.3 cm³/mol. The second-order valence-corrected chi connectivity index (χ2v) is 4.78. The minimum absolute atomic E-state index is 0.000577. The van der Waals surface area contributed by atoms with Crippen molar-refractivity contribution < 1.29 is 14.1 Å². The summed E-state index contributed by atoms with van der Waals surface area (Å²) in [5.41, 5.74) is 1.82. The Morgan fingerprint density at radius 3 is 2.71 bits per heavy atom. The number of aryl methyl sites for hydroxylation is 1. The molecule has 1 aromatic heterocycles. The number of nitrogens with zero attached hydrogens (tertiary/aromatic N) is 1. The van der Waals surface area contributed by atoms with E-state index < -0.39 is 0 Å². The molecule has 2 rings (SSSR count). The Morgan fingerprint density at radius 2 is 2.10 bits per heavy atom. The van der Waals surface area contributed by atoms with E-state index in [-0.39, 0.29) is 5.91 Å². The molecule has 5 nitrogen and oxygen atoms in total. The molecule has 1 heterocycles. The first-order valence-electron chi connectivity index (χ1n) is 7.08. The van der Waals surface area contributed by atoms with Crippen molar-refractivity contribution in [1.82, 2.24) is 10.5 Å². The summed E-state index contributed by atoms with van der Waals surface area (Å²) in [6, 6.07) is 9.45. The van der Waals surface area contributed by atoms with E-state index >= 15 is 0 Å². The minimum atomic E-state index is -0.000577. The molecule has 0 spiro atoms. The highest BCUT2D eigenvalue weighted by atomic mass is 16.5. The number of rotatable bonds is 7. The monoisotopic (exact) mass is 288 g/mol. The van der Waals surface area contributed by atoms with E-state index in [1.807, 2.05) is 44.2 Å². The number of aromatic nitrogens is 1. The van der Waals surface area contributed by atoms with Crippen LogP contribution in [0.25, 0.3) is 0 Å². The third kappa shape index (κ3) is 4.95. The average molecular weight is 288 g/mol. The molecule has 0 aliphatic rings. The van der Waals surface area contributed by atoms with Gasteiger partial charge in [0.05, 0.1) is 18.7 Å². The van der Waals surface area contributed by atoms with Crippen molar-refractivity contribution >= 4 is 5.91 Å². The van der Waals surface area contributed by atoms with Crippen molar-refractivity contribution in [2.24, 2.45) is 0 Å². The molecule has 5 heteroatoms. The van der Waals surface area contributed by atoms with Crippen LogP contribution in [-0.4, -0.2) is 24.2 Å². The van der Waals surface area contributed by atoms with E-state index in [0.29, 0.717) is 26.0 Å². The van der Waals surface area contributed by atoms with Crippen LogP contribution >= 0.6 is 0 Å². The van der Waals surface area contributed by atoms with Gasteiger partial charge in [-0.05, 0) is 31.5 Å². The van der Waals surface area contributed by atoms with Crippen LogP contribution in [0.3, 0.4) is 0 Å². The van der Waals surface area contributed by atoms with Gasteiger partial charge in [-0.15, -0.1) is 0 Å². The first-order valence-corrected chi connectivity index (χ1v) is 7.08. The van der Waals surface area contributed by atoms with Gasteiger partial charge >= 0.3 is 0 Å². The van der Waals surface area contributed by atoms with Gasteiger partial charge in [-0.1, -0.05) is 17.3 Å². The number of hydrogen-bond acceptors (Lipinski definition) is 4. The van der Waals surface area contributed by atoms with Crippen molar-refractivity contribution in [3.8, 4) is 5.75 Å². The number of carbonyl (C=O) groups is 1. The molecule has 0 unspecified atom stereocenters. The zero-order valence-corrected chi connectivity index (χ0v) is 12.4. The molecular weight excluding hydrogens is 268 g/mol. The van der Waals surface area contributed by atoms with Crippen LogP contribution in [0.4, 0.5) is 0 Å². The van der Waals surface area contributed by atoms with E-state index in [1.165, 1.54) is 0 Å². The molecule has 0 saturated heterocycles. The summed E-state index contributed by atoms with van der Waals surface area (Å²) in [6.07, 6.45) is 1.04. The van der Waals surface area contributed by atoms with Gasteiger partial charge in [-0.25, -0.2) is 0 Å². The van der Waals surface area contributed by atoms with E-state index in [0.717, 1.165) is 22.8 Å². The maximum absolute atomic E-state index is 11.8. The van der Waals surface area contributed by atoms with Gasteiger partial charge in [0.25, 0.3) is 0 Å². The minimum Gasteiger partial charge on any atom is -0.494 e. The largest absolute Gasteiger partial charge is 0.494 e. The number of ether oxygens (including phenoxy) is 1. The quantitative estimate of drug-likeness (QED) is 0.849. The fraction of sp³-hybridized carbons (Fsp3) is 0.375. The van der Waals surface area contributed by atoms with Crippen LogP contribution < -0.4 is 10.1 Å². The molecule has 1 amide bonds. The van der Waals surface area contributed by atoms with Crippen LogP contribution in [0, 0.1) is 6.92 Å². The van der Waals surface area contributed by atoms with Crippen LogP contribution in [0.15, 0.2) is 34.9 Å². The molecule has 0 atom stereocenters. The van der Waals surface area contributed by atoms with Gasteiger partial charge in [-0.2, -0.15) is 0 Å². The smallest absolute Gasteiger partial charge is 0.224 e. The van der Waals surface area contributed by atoms with Crippen molar-refractivity contribution in [3.63, 3.8) is 0 Å². The molecule has 0 aliphatic heterocycles. The summed E-state index contributed by atoms with van der Waals surface area (Å²) in [5, 5.41) is 6.76. The van der Waals surface area contributed by atoms with Crippen LogP contribution in [-0.2, 0) is 17.6 Å². The molecule has 21 heavy (non-hydrogen) atoms. The first kappa shape index (κ1) is 15.1. The average Bonchev–Trinajstić information content (AvgIpc) is 2.87. The number of amides is 1. The lowest BCUT2D eigenvalue weighted by atomic mass is 10.1. The maximum atomic E-state index is 11.8. The summed E-state index contributed by atoms with van der Waals surface area (Å²) < 4.78 is 10.3. The van der Waals surface area contributed by atoms with Gasteiger partial charge < -0.3 is 14.6 Å². The molecule has 0 fully saturated rings. The maximum Gasteiger partial charge on any atom is 0.224 e. The fourth-order valence-corrected chi connectivity index (χ4v) is 1.98. The molecule has 0 bridgehead atoms. The van der Waals surface area contributed by atoms with Gasteiger partial charge in [0.15, 0.2) is 0 Å². The Hall–Kier alpha value is -2.30. The highest BCUT2D eigenvalue weighted by Gasteiger charge is 2.05. The van der Waals surface area contributed by atoms with Gasteiger partial charge in [0.1, 0.15) is 11.5 Å². The molecule has 2 aromatic rings. The Morgan fingerprint density at radius 1 is 1.33 bits per heavy atom. The standard InChI is InChI=1S/C16H20N2O3/c1-3-20-15-6-4-13(5-7-15)11-16(19)17-9-8-14-10-12(2)21-18-14/h4-7,10H,3,8-9,11H2,1-2H3,(H,17,19). The number of benzene rings is 1. The van der Waals surface area contributed by atoms with E-state index in [9.17, 15) is 4.79 Å². The second-order valence-electron chi connectivity index (χ2n) is 4.78. The molecule has 1 N–H and O–H groups in total. The zero-order chi connectivity index (χ0) is 15.1.